The van der Waals surface area contributed by atoms with Crippen molar-refractivity contribution in [2.75, 3.05) is 33.4 Å². The Morgan fingerprint density at radius 3 is 2.64 bits per heavy atom. The molecule has 1 fully saturated rings. The second kappa shape index (κ2) is 13.2. The van der Waals surface area contributed by atoms with E-state index in [0.717, 1.165) is 50.1 Å². The minimum atomic E-state index is -1.05. The number of allylic oxidation sites excluding steroid dienone is 4. The number of aliphatic hydroxyl groups excluding tert-OH is 1. The number of nitrogens with zero attached hydrogens (tertiary/aromatic N) is 1. The quantitative estimate of drug-likeness (QED) is 0.482. The van der Waals surface area contributed by atoms with Crippen molar-refractivity contribution in [3.8, 4) is 11.5 Å². The number of benzene rings is 1. The van der Waals surface area contributed by atoms with Crippen LogP contribution in [0.4, 0.5) is 0 Å². The first-order valence-electron chi connectivity index (χ1n) is 12.7. The lowest BCUT2D eigenvalue weighted by atomic mass is 10.0. The molecule has 0 aromatic heterocycles. The lowest BCUT2D eigenvalue weighted by molar-refractivity contribution is -0.123. The van der Waals surface area contributed by atoms with E-state index in [2.05, 4.69) is 16.3 Å². The highest BCUT2D eigenvalue weighted by atomic mass is 16.6. The molecule has 0 spiro atoms. The molecule has 0 unspecified atom stereocenters. The number of hydrogen-bond acceptors (Lipinski definition) is 7. The van der Waals surface area contributed by atoms with Gasteiger partial charge in [-0.15, -0.1) is 0 Å². The molecule has 2 atom stereocenters. The maximum absolute atomic E-state index is 12.8. The average molecular weight is 497 g/mol. The fraction of sp³-hybridized carbons (Fsp3) is 0.464. The molecular formula is C28H36N2O6. The highest BCUT2D eigenvalue weighted by molar-refractivity contribution is 5.76. The summed E-state index contributed by atoms with van der Waals surface area (Å²) in [6.07, 6.45) is 13.4. The van der Waals surface area contributed by atoms with Crippen LogP contribution in [0.5, 0.6) is 11.5 Å². The van der Waals surface area contributed by atoms with Crippen LogP contribution in [0, 0.1) is 0 Å². The molecule has 1 aromatic rings. The van der Waals surface area contributed by atoms with Crippen LogP contribution in [0.25, 0.3) is 0 Å². The van der Waals surface area contributed by atoms with Gasteiger partial charge in [0, 0.05) is 6.54 Å². The molecule has 2 N–H and O–H groups in total. The van der Waals surface area contributed by atoms with E-state index >= 15 is 0 Å². The summed E-state index contributed by atoms with van der Waals surface area (Å²) in [4.78, 5) is 15.1. The van der Waals surface area contributed by atoms with E-state index < -0.39 is 12.1 Å². The van der Waals surface area contributed by atoms with Crippen LogP contribution in [0.15, 0.2) is 72.1 Å². The standard InChI is InChI=1S/C28H36N2O6/c1-33-22-10-12-23(13-11-22)35-17-14-27(31)29-24(18-30-15-6-3-7-16-30)28(32)26-20-34-19-25(36-26)21-8-4-2-5-9-21/h2,4,8,10-13,19-20,24,28,32H,3,5-7,9,14-18H2,1H3,(H,29,31)/t24-,28-/m1/s1. The second-order valence-electron chi connectivity index (χ2n) is 9.15. The normalized spacial score (nSPS) is 19.6. The first kappa shape index (κ1) is 25.9. The van der Waals surface area contributed by atoms with Crippen molar-refractivity contribution >= 4 is 5.91 Å². The van der Waals surface area contributed by atoms with Gasteiger partial charge in [-0.05, 0) is 68.6 Å². The number of methoxy groups -OCH3 is 1. The van der Waals surface area contributed by atoms with Gasteiger partial charge in [-0.3, -0.25) is 4.79 Å². The van der Waals surface area contributed by atoms with Gasteiger partial charge in [-0.25, -0.2) is 0 Å². The van der Waals surface area contributed by atoms with Gasteiger partial charge in [-0.1, -0.05) is 24.6 Å². The molecule has 194 valence electrons. The average Bonchev–Trinajstić information content (AvgIpc) is 2.94. The monoisotopic (exact) mass is 496 g/mol. The zero-order chi connectivity index (χ0) is 25.2. The molecule has 8 heteroatoms. The summed E-state index contributed by atoms with van der Waals surface area (Å²) in [5.74, 6) is 2.09. The first-order chi connectivity index (χ1) is 17.6. The van der Waals surface area contributed by atoms with Crippen molar-refractivity contribution in [3.63, 3.8) is 0 Å². The van der Waals surface area contributed by atoms with Gasteiger partial charge in [0.15, 0.2) is 11.5 Å². The summed E-state index contributed by atoms with van der Waals surface area (Å²) < 4.78 is 22.4. The number of aliphatic hydroxyl groups is 1. The molecule has 2 aliphatic heterocycles. The number of nitrogens with one attached hydrogen (secondary N) is 1. The van der Waals surface area contributed by atoms with Gasteiger partial charge in [0.1, 0.15) is 30.1 Å². The molecule has 0 radical (unpaired) electrons. The van der Waals surface area contributed by atoms with E-state index in [9.17, 15) is 9.90 Å². The maximum Gasteiger partial charge on any atom is 0.223 e. The highest BCUT2D eigenvalue weighted by Gasteiger charge is 2.31. The Kier molecular flexibility index (Phi) is 9.47. The Hall–Kier alpha value is -3.23. The topological polar surface area (TPSA) is 89.5 Å². The lowest BCUT2D eigenvalue weighted by Gasteiger charge is -2.34. The SMILES string of the molecule is COc1ccc(OCCC(=O)N[C@H](CN2CCCCC2)[C@@H](O)C2=COC=C(C3=CC=CCC3)O2)cc1. The van der Waals surface area contributed by atoms with Crippen molar-refractivity contribution in [3.05, 3.63) is 72.1 Å². The number of carbonyl (C=O) groups excluding carboxylic acids is 1. The van der Waals surface area contributed by atoms with Crippen molar-refractivity contribution in [2.45, 2.75) is 50.7 Å². The van der Waals surface area contributed by atoms with Crippen molar-refractivity contribution in [2.24, 2.45) is 0 Å². The van der Waals surface area contributed by atoms with Gasteiger partial charge in [-0.2, -0.15) is 0 Å². The minimum Gasteiger partial charge on any atom is -0.497 e. The first-order valence-corrected chi connectivity index (χ1v) is 12.7. The van der Waals surface area contributed by atoms with Crippen LogP contribution in [-0.2, 0) is 14.3 Å². The van der Waals surface area contributed by atoms with Crippen LogP contribution in [0.2, 0.25) is 0 Å². The summed E-state index contributed by atoms with van der Waals surface area (Å²) in [6, 6.07) is 6.67. The molecular weight excluding hydrogens is 460 g/mol. The molecule has 4 rings (SSSR count). The van der Waals surface area contributed by atoms with Crippen LogP contribution in [-0.4, -0.2) is 61.4 Å². The smallest absolute Gasteiger partial charge is 0.223 e. The predicted octanol–water partition coefficient (Wildman–Crippen LogP) is 3.80. The number of amides is 1. The van der Waals surface area contributed by atoms with Gasteiger partial charge >= 0.3 is 0 Å². The summed E-state index contributed by atoms with van der Waals surface area (Å²) in [6.45, 7) is 2.64. The van der Waals surface area contributed by atoms with Crippen LogP contribution in [0.1, 0.15) is 38.5 Å². The Balaban J connectivity index is 1.35. The van der Waals surface area contributed by atoms with E-state index in [1.165, 1.54) is 12.7 Å². The van der Waals surface area contributed by atoms with Crippen LogP contribution >= 0.6 is 0 Å². The summed E-state index contributed by atoms with van der Waals surface area (Å²) in [7, 11) is 1.61. The Labute approximate surface area is 212 Å². The number of carbonyl (C=O) groups is 1. The van der Waals surface area contributed by atoms with Gasteiger partial charge in [0.2, 0.25) is 5.91 Å². The third-order valence-corrected chi connectivity index (χ3v) is 6.50. The number of hydrogen-bond donors (Lipinski definition) is 2. The van der Waals surface area contributed by atoms with Crippen molar-refractivity contribution < 1.29 is 28.8 Å². The van der Waals surface area contributed by atoms with Gasteiger partial charge < -0.3 is 34.3 Å². The van der Waals surface area contributed by atoms with E-state index in [4.69, 9.17) is 18.9 Å². The van der Waals surface area contributed by atoms with Gasteiger partial charge in [0.05, 0.1) is 26.2 Å². The summed E-state index contributed by atoms with van der Waals surface area (Å²) >= 11 is 0. The fourth-order valence-electron chi connectivity index (χ4n) is 4.47. The number of ether oxygens (including phenoxy) is 4. The zero-order valence-electron chi connectivity index (χ0n) is 20.9. The maximum atomic E-state index is 12.8. The molecule has 8 nitrogen and oxygen atoms in total. The minimum absolute atomic E-state index is 0.163. The van der Waals surface area contributed by atoms with Crippen molar-refractivity contribution in [1.82, 2.24) is 10.2 Å². The Morgan fingerprint density at radius 1 is 1.14 bits per heavy atom. The predicted molar refractivity (Wildman–Crippen MR) is 136 cm³/mol. The third-order valence-electron chi connectivity index (χ3n) is 6.50. The molecule has 36 heavy (non-hydrogen) atoms. The largest absolute Gasteiger partial charge is 0.497 e. The van der Waals surface area contributed by atoms with E-state index in [-0.39, 0.29) is 18.9 Å². The Morgan fingerprint density at radius 2 is 1.92 bits per heavy atom. The molecule has 0 bridgehead atoms. The second-order valence-corrected chi connectivity index (χ2v) is 9.15. The molecule has 1 aromatic carbocycles. The molecule has 2 heterocycles. The lowest BCUT2D eigenvalue weighted by Crippen LogP contribution is -2.52. The zero-order valence-corrected chi connectivity index (χ0v) is 20.9. The number of piperidine rings is 1. The molecule has 0 saturated carbocycles. The van der Waals surface area contributed by atoms with Gasteiger partial charge in [0.25, 0.3) is 0 Å². The van der Waals surface area contributed by atoms with E-state index in [0.29, 0.717) is 23.8 Å². The third kappa shape index (κ3) is 7.38. The van der Waals surface area contributed by atoms with Crippen molar-refractivity contribution in [1.29, 1.82) is 0 Å². The molecule has 3 aliphatic rings. The summed E-state index contributed by atoms with van der Waals surface area (Å²) in [5, 5.41) is 14.3. The van der Waals surface area contributed by atoms with Crippen LogP contribution in [0.3, 0.4) is 0 Å². The van der Waals surface area contributed by atoms with E-state index in [1.54, 1.807) is 25.5 Å². The number of rotatable bonds is 11. The Bertz CT molecular complexity index is 992. The highest BCUT2D eigenvalue weighted by Crippen LogP contribution is 2.28. The molecule has 1 amide bonds. The molecule has 1 aliphatic carbocycles. The fourth-order valence-corrected chi connectivity index (χ4v) is 4.47. The van der Waals surface area contributed by atoms with Crippen LogP contribution < -0.4 is 14.8 Å². The number of likely N-dealkylation sites (tertiary alicyclic amines) is 1. The molecule has 1 saturated heterocycles. The van der Waals surface area contributed by atoms with E-state index in [1.807, 2.05) is 24.3 Å². The summed E-state index contributed by atoms with van der Waals surface area (Å²) in [5.41, 5.74) is 1.02.